The second-order valence-corrected chi connectivity index (χ2v) is 4.98. The minimum atomic E-state index is 0.382. The van der Waals surface area contributed by atoms with Gasteiger partial charge < -0.3 is 14.8 Å². The molecule has 1 aromatic rings. The lowest BCUT2D eigenvalue weighted by Crippen LogP contribution is -2.22. The minimum Gasteiger partial charge on any atom is -0.493 e. The van der Waals surface area contributed by atoms with E-state index in [0.29, 0.717) is 6.04 Å². The van der Waals surface area contributed by atoms with Crippen molar-refractivity contribution in [1.29, 1.82) is 0 Å². The molecule has 0 amide bonds. The zero-order chi connectivity index (χ0) is 13.5. The minimum absolute atomic E-state index is 0.382. The molecule has 0 aromatic heterocycles. The Morgan fingerprint density at radius 1 is 1.32 bits per heavy atom. The summed E-state index contributed by atoms with van der Waals surface area (Å²) >= 11 is 0. The Kier molecular flexibility index (Phi) is 5.67. The van der Waals surface area contributed by atoms with Gasteiger partial charge in [0, 0.05) is 25.7 Å². The Morgan fingerprint density at radius 2 is 2.21 bits per heavy atom. The molecule has 1 aromatic carbocycles. The molecule has 0 aliphatic carbocycles. The second kappa shape index (κ2) is 7.51. The molecular weight excluding hydrogens is 238 g/mol. The Bertz CT molecular complexity index is 392. The third kappa shape index (κ3) is 3.95. The summed E-state index contributed by atoms with van der Waals surface area (Å²) in [6, 6.07) is 6.95. The zero-order valence-corrected chi connectivity index (χ0v) is 12.1. The fourth-order valence-corrected chi connectivity index (χ4v) is 2.50. The van der Waals surface area contributed by atoms with Crippen LogP contribution in [0.3, 0.4) is 0 Å². The lowest BCUT2D eigenvalue weighted by molar-refractivity contribution is 0.124. The van der Waals surface area contributed by atoms with Crippen molar-refractivity contribution in [3.63, 3.8) is 0 Å². The van der Waals surface area contributed by atoms with Gasteiger partial charge in [0.1, 0.15) is 5.75 Å². The van der Waals surface area contributed by atoms with Crippen molar-refractivity contribution < 1.29 is 9.47 Å². The Balaban J connectivity index is 1.97. The average Bonchev–Trinajstić information content (AvgIpc) is 2.89. The van der Waals surface area contributed by atoms with Gasteiger partial charge in [-0.3, -0.25) is 0 Å². The van der Waals surface area contributed by atoms with E-state index in [9.17, 15) is 0 Å². The van der Waals surface area contributed by atoms with Crippen LogP contribution in [0.4, 0.5) is 0 Å². The van der Waals surface area contributed by atoms with Gasteiger partial charge in [0.25, 0.3) is 0 Å². The summed E-state index contributed by atoms with van der Waals surface area (Å²) in [5.74, 6) is 1.06. The van der Waals surface area contributed by atoms with E-state index in [-0.39, 0.29) is 0 Å². The van der Waals surface area contributed by atoms with Crippen LogP contribution in [0.5, 0.6) is 5.75 Å². The van der Waals surface area contributed by atoms with Crippen LogP contribution < -0.4 is 10.1 Å². The number of hydrogen-bond donors (Lipinski definition) is 1. The van der Waals surface area contributed by atoms with E-state index in [1.807, 2.05) is 0 Å². The molecule has 106 valence electrons. The molecule has 0 saturated carbocycles. The zero-order valence-electron chi connectivity index (χ0n) is 12.1. The van der Waals surface area contributed by atoms with Crippen LogP contribution >= 0.6 is 0 Å². The van der Waals surface area contributed by atoms with Crippen molar-refractivity contribution >= 4 is 0 Å². The Hall–Kier alpha value is -1.06. The largest absolute Gasteiger partial charge is 0.493 e. The lowest BCUT2D eigenvalue weighted by Gasteiger charge is -2.19. The molecular formula is C16H25NO2. The van der Waals surface area contributed by atoms with Crippen molar-refractivity contribution in [1.82, 2.24) is 5.32 Å². The highest BCUT2D eigenvalue weighted by atomic mass is 16.5. The van der Waals surface area contributed by atoms with E-state index in [4.69, 9.17) is 9.47 Å². The number of ether oxygens (including phenoxy) is 2. The van der Waals surface area contributed by atoms with Crippen molar-refractivity contribution in [3.05, 3.63) is 29.3 Å². The van der Waals surface area contributed by atoms with Gasteiger partial charge in [-0.2, -0.15) is 0 Å². The van der Waals surface area contributed by atoms with E-state index < -0.39 is 0 Å². The molecule has 0 bridgehead atoms. The van der Waals surface area contributed by atoms with Crippen LogP contribution in [0.25, 0.3) is 0 Å². The maximum Gasteiger partial charge on any atom is 0.122 e. The fourth-order valence-electron chi connectivity index (χ4n) is 2.50. The summed E-state index contributed by atoms with van der Waals surface area (Å²) in [5, 5.41) is 3.55. The number of hydrogen-bond acceptors (Lipinski definition) is 3. The molecule has 1 aliphatic rings. The van der Waals surface area contributed by atoms with Crippen LogP contribution in [0.1, 0.15) is 43.9 Å². The molecule has 0 radical (unpaired) electrons. The highest BCUT2D eigenvalue weighted by molar-refractivity contribution is 5.40. The number of nitrogens with one attached hydrogen (secondary N) is 1. The van der Waals surface area contributed by atoms with Gasteiger partial charge >= 0.3 is 0 Å². The average molecular weight is 263 g/mol. The Labute approximate surface area is 116 Å². The molecule has 3 nitrogen and oxygen atoms in total. The van der Waals surface area contributed by atoms with Gasteiger partial charge in [-0.05, 0) is 36.6 Å². The molecule has 0 spiro atoms. The highest BCUT2D eigenvalue weighted by Crippen LogP contribution is 2.29. The molecule has 1 N–H and O–H groups in total. The van der Waals surface area contributed by atoms with Gasteiger partial charge in [0.2, 0.25) is 0 Å². The van der Waals surface area contributed by atoms with Gasteiger partial charge in [-0.15, -0.1) is 0 Å². The number of fused-ring (bicyclic) bond motifs is 1. The van der Waals surface area contributed by atoms with Crippen LogP contribution in [0.15, 0.2) is 18.2 Å². The summed E-state index contributed by atoms with van der Waals surface area (Å²) in [7, 11) is 0. The van der Waals surface area contributed by atoms with Crippen molar-refractivity contribution in [2.24, 2.45) is 0 Å². The SMILES string of the molecule is CCCOCCC(NCC)c1ccc2c(c1)CCO2. The molecule has 1 heterocycles. The van der Waals surface area contributed by atoms with Gasteiger partial charge in [-0.1, -0.05) is 26.0 Å². The summed E-state index contributed by atoms with van der Waals surface area (Å²) < 4.78 is 11.2. The smallest absolute Gasteiger partial charge is 0.122 e. The topological polar surface area (TPSA) is 30.5 Å². The van der Waals surface area contributed by atoms with Crippen LogP contribution in [-0.4, -0.2) is 26.4 Å². The quantitative estimate of drug-likeness (QED) is 0.731. The van der Waals surface area contributed by atoms with E-state index in [2.05, 4.69) is 37.4 Å². The first kappa shape index (κ1) is 14.4. The second-order valence-electron chi connectivity index (χ2n) is 4.98. The van der Waals surface area contributed by atoms with Crippen molar-refractivity contribution in [2.45, 2.75) is 39.2 Å². The summed E-state index contributed by atoms with van der Waals surface area (Å²) in [5.41, 5.74) is 2.70. The van der Waals surface area contributed by atoms with Crippen molar-refractivity contribution in [2.75, 3.05) is 26.4 Å². The van der Waals surface area contributed by atoms with Gasteiger partial charge in [0.05, 0.1) is 6.61 Å². The molecule has 2 rings (SSSR count). The predicted octanol–water partition coefficient (Wildman–Crippen LogP) is 3.09. The monoisotopic (exact) mass is 263 g/mol. The molecule has 3 heteroatoms. The summed E-state index contributed by atoms with van der Waals surface area (Å²) in [6.45, 7) is 7.77. The first-order valence-electron chi connectivity index (χ1n) is 7.42. The molecule has 1 atom stereocenters. The molecule has 19 heavy (non-hydrogen) atoms. The fraction of sp³-hybridized carbons (Fsp3) is 0.625. The first-order valence-corrected chi connectivity index (χ1v) is 7.42. The van der Waals surface area contributed by atoms with E-state index in [1.165, 1.54) is 11.1 Å². The standard InChI is InChI=1S/C16H25NO2/c1-3-9-18-10-8-15(17-4-2)13-5-6-16-14(12-13)7-11-19-16/h5-6,12,15,17H,3-4,7-11H2,1-2H3. The normalized spacial score (nSPS) is 15.1. The maximum absolute atomic E-state index is 5.61. The van der Waals surface area contributed by atoms with E-state index in [1.54, 1.807) is 0 Å². The highest BCUT2D eigenvalue weighted by Gasteiger charge is 2.16. The summed E-state index contributed by atoms with van der Waals surface area (Å²) in [4.78, 5) is 0. The van der Waals surface area contributed by atoms with Crippen LogP contribution in [0, 0.1) is 0 Å². The predicted molar refractivity (Wildman–Crippen MR) is 77.8 cm³/mol. The van der Waals surface area contributed by atoms with Gasteiger partial charge in [0.15, 0.2) is 0 Å². The third-order valence-corrected chi connectivity index (χ3v) is 3.47. The van der Waals surface area contributed by atoms with Gasteiger partial charge in [-0.25, -0.2) is 0 Å². The molecule has 1 aliphatic heterocycles. The molecule has 0 saturated heterocycles. The first-order chi connectivity index (χ1) is 9.35. The third-order valence-electron chi connectivity index (χ3n) is 3.47. The number of benzene rings is 1. The van der Waals surface area contributed by atoms with Crippen molar-refractivity contribution in [3.8, 4) is 5.75 Å². The van der Waals surface area contributed by atoms with E-state index >= 15 is 0 Å². The summed E-state index contributed by atoms with van der Waals surface area (Å²) in [6.07, 6.45) is 3.14. The maximum atomic E-state index is 5.61. The molecule has 0 fully saturated rings. The van der Waals surface area contributed by atoms with Crippen LogP contribution in [0.2, 0.25) is 0 Å². The Morgan fingerprint density at radius 3 is 3.00 bits per heavy atom. The number of rotatable bonds is 8. The lowest BCUT2D eigenvalue weighted by atomic mass is 10.0. The van der Waals surface area contributed by atoms with Crippen LogP contribution in [-0.2, 0) is 11.2 Å². The van der Waals surface area contributed by atoms with E-state index in [0.717, 1.165) is 51.4 Å². The molecule has 1 unspecified atom stereocenters.